The number of allylic oxidation sites excluding steroid dienone is 2. The third-order valence-electron chi connectivity index (χ3n) is 2.36. The van der Waals surface area contributed by atoms with E-state index in [0.717, 1.165) is 11.9 Å². The van der Waals surface area contributed by atoms with Crippen molar-refractivity contribution < 1.29 is 4.79 Å². The molecule has 2 unspecified atom stereocenters. The van der Waals surface area contributed by atoms with Gasteiger partial charge in [0, 0.05) is 17.7 Å². The number of rotatable bonds is 1. The molecule has 1 aliphatic carbocycles. The Bertz CT molecular complexity index is 299. The summed E-state index contributed by atoms with van der Waals surface area (Å²) >= 11 is 0. The minimum atomic E-state index is 0.257. The topological polar surface area (TPSA) is 29.1 Å². The van der Waals surface area contributed by atoms with Crippen molar-refractivity contribution in [3.63, 3.8) is 0 Å². The molecular formula is C10H11NO. The Balaban J connectivity index is 2.29. The lowest BCUT2D eigenvalue weighted by molar-refractivity contribution is -0.105. The molecule has 12 heavy (non-hydrogen) atoms. The van der Waals surface area contributed by atoms with Crippen LogP contribution in [0.5, 0.6) is 0 Å². The lowest BCUT2D eigenvalue weighted by Gasteiger charge is -2.18. The zero-order valence-electron chi connectivity index (χ0n) is 6.95. The lowest BCUT2D eigenvalue weighted by Crippen LogP contribution is -2.25. The molecule has 0 saturated heterocycles. The number of aldehydes is 1. The second-order valence-electron chi connectivity index (χ2n) is 3.25. The van der Waals surface area contributed by atoms with Gasteiger partial charge in [-0.05, 0) is 6.92 Å². The minimum absolute atomic E-state index is 0.257. The molecule has 0 fully saturated rings. The Morgan fingerprint density at radius 1 is 1.58 bits per heavy atom. The summed E-state index contributed by atoms with van der Waals surface area (Å²) in [6.07, 6.45) is 9.05. The number of carbonyl (C=O) groups is 1. The first-order valence-electron chi connectivity index (χ1n) is 4.09. The zero-order chi connectivity index (χ0) is 8.55. The molecule has 1 heterocycles. The SMILES string of the molecule is CC1=CC2C(C=O)=CNC2C=C1. The van der Waals surface area contributed by atoms with E-state index in [4.69, 9.17) is 0 Å². The predicted octanol–water partition coefficient (Wildman–Crippen LogP) is 1.17. The molecule has 0 bridgehead atoms. The third-order valence-corrected chi connectivity index (χ3v) is 2.36. The molecule has 62 valence electrons. The lowest BCUT2D eigenvalue weighted by atomic mass is 9.89. The highest BCUT2D eigenvalue weighted by Gasteiger charge is 2.27. The quantitative estimate of drug-likeness (QED) is 0.585. The van der Waals surface area contributed by atoms with E-state index in [-0.39, 0.29) is 5.92 Å². The summed E-state index contributed by atoms with van der Waals surface area (Å²) in [6, 6.07) is 0.300. The van der Waals surface area contributed by atoms with Crippen LogP contribution in [0.1, 0.15) is 6.92 Å². The van der Waals surface area contributed by atoms with Crippen LogP contribution in [0.15, 0.2) is 35.6 Å². The van der Waals surface area contributed by atoms with Gasteiger partial charge in [0.25, 0.3) is 0 Å². The summed E-state index contributed by atoms with van der Waals surface area (Å²) in [5.41, 5.74) is 2.08. The molecule has 0 aromatic rings. The fourth-order valence-electron chi connectivity index (χ4n) is 1.68. The monoisotopic (exact) mass is 161 g/mol. The van der Waals surface area contributed by atoms with Crippen molar-refractivity contribution in [2.24, 2.45) is 5.92 Å². The van der Waals surface area contributed by atoms with E-state index >= 15 is 0 Å². The first-order chi connectivity index (χ1) is 5.81. The van der Waals surface area contributed by atoms with E-state index in [9.17, 15) is 4.79 Å². The van der Waals surface area contributed by atoms with Crippen molar-refractivity contribution in [1.82, 2.24) is 5.32 Å². The Morgan fingerprint density at radius 2 is 2.42 bits per heavy atom. The van der Waals surface area contributed by atoms with Crippen LogP contribution in [0.2, 0.25) is 0 Å². The van der Waals surface area contributed by atoms with Crippen LogP contribution >= 0.6 is 0 Å². The van der Waals surface area contributed by atoms with Crippen molar-refractivity contribution in [1.29, 1.82) is 0 Å². The smallest absolute Gasteiger partial charge is 0.148 e. The molecule has 2 atom stereocenters. The zero-order valence-corrected chi connectivity index (χ0v) is 6.95. The molecule has 1 N–H and O–H groups in total. The summed E-state index contributed by atoms with van der Waals surface area (Å²) in [5, 5.41) is 3.16. The number of fused-ring (bicyclic) bond motifs is 1. The molecule has 0 spiro atoms. The molecular weight excluding hydrogens is 150 g/mol. The number of hydrogen-bond donors (Lipinski definition) is 1. The molecule has 2 heteroatoms. The van der Waals surface area contributed by atoms with Gasteiger partial charge in [0.2, 0.25) is 0 Å². The molecule has 2 aliphatic rings. The maximum absolute atomic E-state index is 10.6. The van der Waals surface area contributed by atoms with Crippen molar-refractivity contribution in [3.8, 4) is 0 Å². The van der Waals surface area contributed by atoms with Gasteiger partial charge < -0.3 is 5.32 Å². The maximum Gasteiger partial charge on any atom is 0.148 e. The van der Waals surface area contributed by atoms with Crippen molar-refractivity contribution in [2.45, 2.75) is 13.0 Å². The van der Waals surface area contributed by atoms with Crippen LogP contribution in [0.3, 0.4) is 0 Å². The highest BCUT2D eigenvalue weighted by atomic mass is 16.1. The normalized spacial score (nSPS) is 31.8. The predicted molar refractivity (Wildman–Crippen MR) is 47.5 cm³/mol. The van der Waals surface area contributed by atoms with Gasteiger partial charge in [-0.2, -0.15) is 0 Å². The Kier molecular flexibility index (Phi) is 1.61. The average Bonchev–Trinajstić information content (AvgIpc) is 2.46. The third kappa shape index (κ3) is 0.998. The van der Waals surface area contributed by atoms with E-state index in [2.05, 4.69) is 23.5 Å². The maximum atomic E-state index is 10.6. The van der Waals surface area contributed by atoms with Crippen LogP contribution in [-0.4, -0.2) is 12.3 Å². The molecule has 0 aromatic carbocycles. The van der Waals surface area contributed by atoms with Crippen LogP contribution < -0.4 is 5.32 Å². The molecule has 0 saturated carbocycles. The standard InChI is InChI=1S/C10H11NO/c1-7-2-3-10-9(4-7)8(6-12)5-11-10/h2-6,9-11H,1H3. The van der Waals surface area contributed by atoms with E-state index in [0.29, 0.717) is 6.04 Å². The summed E-state index contributed by atoms with van der Waals surface area (Å²) < 4.78 is 0. The van der Waals surface area contributed by atoms with Crippen LogP contribution in [0.4, 0.5) is 0 Å². The fourth-order valence-corrected chi connectivity index (χ4v) is 1.68. The van der Waals surface area contributed by atoms with E-state index in [1.807, 2.05) is 13.1 Å². The minimum Gasteiger partial charge on any atom is -0.383 e. The molecule has 0 aromatic heterocycles. The summed E-state index contributed by atoms with van der Waals surface area (Å²) in [6.45, 7) is 2.05. The molecule has 1 aliphatic heterocycles. The summed E-state index contributed by atoms with van der Waals surface area (Å²) in [7, 11) is 0. The largest absolute Gasteiger partial charge is 0.383 e. The van der Waals surface area contributed by atoms with Gasteiger partial charge in [-0.3, -0.25) is 4.79 Å². The first-order valence-corrected chi connectivity index (χ1v) is 4.09. The second-order valence-corrected chi connectivity index (χ2v) is 3.25. The average molecular weight is 161 g/mol. The van der Waals surface area contributed by atoms with Gasteiger partial charge in [0.1, 0.15) is 6.29 Å². The van der Waals surface area contributed by atoms with Gasteiger partial charge >= 0.3 is 0 Å². The van der Waals surface area contributed by atoms with Crippen molar-refractivity contribution in [2.75, 3.05) is 0 Å². The molecule has 2 nitrogen and oxygen atoms in total. The number of nitrogens with one attached hydrogen (secondary N) is 1. The molecule has 0 amide bonds. The molecule has 0 radical (unpaired) electrons. The van der Waals surface area contributed by atoms with E-state index in [1.165, 1.54) is 5.57 Å². The highest BCUT2D eigenvalue weighted by molar-refractivity contribution is 5.76. The Labute approximate surface area is 71.7 Å². The Hall–Kier alpha value is -1.31. The van der Waals surface area contributed by atoms with Gasteiger partial charge in [-0.15, -0.1) is 0 Å². The van der Waals surface area contributed by atoms with Gasteiger partial charge in [-0.25, -0.2) is 0 Å². The van der Waals surface area contributed by atoms with Gasteiger partial charge in [-0.1, -0.05) is 23.8 Å². The first kappa shape index (κ1) is 7.35. The van der Waals surface area contributed by atoms with Gasteiger partial charge in [0.05, 0.1) is 6.04 Å². The second kappa shape index (κ2) is 2.63. The van der Waals surface area contributed by atoms with Crippen LogP contribution in [0, 0.1) is 5.92 Å². The van der Waals surface area contributed by atoms with Crippen molar-refractivity contribution >= 4 is 6.29 Å². The summed E-state index contributed by atoms with van der Waals surface area (Å²) in [4.78, 5) is 10.6. The Morgan fingerprint density at radius 3 is 3.17 bits per heavy atom. The molecule has 2 rings (SSSR count). The summed E-state index contributed by atoms with van der Waals surface area (Å²) in [5.74, 6) is 0.257. The van der Waals surface area contributed by atoms with E-state index < -0.39 is 0 Å². The number of hydrogen-bond acceptors (Lipinski definition) is 2. The van der Waals surface area contributed by atoms with E-state index in [1.54, 1.807) is 0 Å². The fraction of sp³-hybridized carbons (Fsp3) is 0.300. The van der Waals surface area contributed by atoms with Crippen LogP contribution in [-0.2, 0) is 4.79 Å². The number of carbonyl (C=O) groups excluding carboxylic acids is 1. The highest BCUT2D eigenvalue weighted by Crippen LogP contribution is 2.26. The van der Waals surface area contributed by atoms with Crippen molar-refractivity contribution in [3.05, 3.63) is 35.6 Å². The van der Waals surface area contributed by atoms with Gasteiger partial charge in [0.15, 0.2) is 0 Å². The van der Waals surface area contributed by atoms with Crippen LogP contribution in [0.25, 0.3) is 0 Å².